The standard InChI is InChI=1S/C14H18N4O3S/c1-8-10(11(19)20)16-13(22-8)18-6-4-14(3,5-7-18)12-15-9(2)17-21-12/h4-7H2,1-3H3,(H,19,20). The average Bonchev–Trinajstić information content (AvgIpc) is 3.06. The van der Waals surface area contributed by atoms with E-state index in [4.69, 9.17) is 9.63 Å². The van der Waals surface area contributed by atoms with Crippen LogP contribution in [0.4, 0.5) is 5.13 Å². The van der Waals surface area contributed by atoms with Crippen molar-refractivity contribution in [1.82, 2.24) is 15.1 Å². The van der Waals surface area contributed by atoms with E-state index < -0.39 is 5.97 Å². The van der Waals surface area contributed by atoms with Gasteiger partial charge in [0.2, 0.25) is 5.89 Å². The summed E-state index contributed by atoms with van der Waals surface area (Å²) in [5.74, 6) is 0.370. The molecule has 2 aromatic heterocycles. The summed E-state index contributed by atoms with van der Waals surface area (Å²) in [5.41, 5.74) is 0.0283. The Balaban J connectivity index is 1.74. The van der Waals surface area contributed by atoms with Gasteiger partial charge in [0, 0.05) is 18.0 Å². The van der Waals surface area contributed by atoms with Crippen molar-refractivity contribution >= 4 is 22.4 Å². The third-order valence-electron chi connectivity index (χ3n) is 4.17. The van der Waals surface area contributed by atoms with Crippen LogP contribution in [0.5, 0.6) is 0 Å². The summed E-state index contributed by atoms with van der Waals surface area (Å²) in [6.45, 7) is 7.33. The number of thiazole rings is 1. The molecular formula is C14H18N4O3S. The van der Waals surface area contributed by atoms with Crippen LogP contribution in [0.3, 0.4) is 0 Å². The number of aromatic carboxylic acids is 1. The van der Waals surface area contributed by atoms with Gasteiger partial charge in [-0.25, -0.2) is 9.78 Å². The molecule has 0 saturated carbocycles. The van der Waals surface area contributed by atoms with Gasteiger partial charge in [-0.3, -0.25) is 0 Å². The Morgan fingerprint density at radius 1 is 1.32 bits per heavy atom. The molecule has 1 saturated heterocycles. The van der Waals surface area contributed by atoms with Crippen molar-refractivity contribution in [3.63, 3.8) is 0 Å². The van der Waals surface area contributed by atoms with Crippen LogP contribution in [0.2, 0.25) is 0 Å². The first-order valence-corrected chi connectivity index (χ1v) is 7.97. The predicted octanol–water partition coefficient (Wildman–Crippen LogP) is 2.40. The Morgan fingerprint density at radius 3 is 2.50 bits per heavy atom. The number of rotatable bonds is 3. The van der Waals surface area contributed by atoms with Gasteiger partial charge < -0.3 is 14.5 Å². The lowest BCUT2D eigenvalue weighted by Crippen LogP contribution is -2.41. The van der Waals surface area contributed by atoms with Crippen LogP contribution in [0.25, 0.3) is 0 Å². The molecule has 2 aromatic rings. The van der Waals surface area contributed by atoms with Gasteiger partial charge in [-0.2, -0.15) is 4.98 Å². The monoisotopic (exact) mass is 322 g/mol. The van der Waals surface area contributed by atoms with Crippen molar-refractivity contribution in [3.05, 3.63) is 22.3 Å². The Labute approximate surface area is 132 Å². The first-order chi connectivity index (χ1) is 10.4. The van der Waals surface area contributed by atoms with Crippen molar-refractivity contribution < 1.29 is 14.4 Å². The van der Waals surface area contributed by atoms with E-state index in [0.717, 1.165) is 35.9 Å². The average molecular weight is 322 g/mol. The van der Waals surface area contributed by atoms with Crippen molar-refractivity contribution in [2.45, 2.75) is 39.0 Å². The maximum atomic E-state index is 11.1. The van der Waals surface area contributed by atoms with Crippen LogP contribution in [0.15, 0.2) is 4.52 Å². The Kier molecular flexibility index (Phi) is 3.64. The molecule has 0 atom stereocenters. The van der Waals surface area contributed by atoms with Crippen LogP contribution in [0, 0.1) is 13.8 Å². The smallest absolute Gasteiger partial charge is 0.355 e. The van der Waals surface area contributed by atoms with Gasteiger partial charge in [-0.1, -0.05) is 12.1 Å². The summed E-state index contributed by atoms with van der Waals surface area (Å²) in [5, 5.41) is 13.8. The third-order valence-corrected chi connectivity index (χ3v) is 5.20. The largest absolute Gasteiger partial charge is 0.476 e. The van der Waals surface area contributed by atoms with Gasteiger partial charge in [-0.05, 0) is 26.7 Å². The summed E-state index contributed by atoms with van der Waals surface area (Å²) >= 11 is 1.43. The van der Waals surface area contributed by atoms with Crippen molar-refractivity contribution in [3.8, 4) is 0 Å². The molecular weight excluding hydrogens is 304 g/mol. The molecule has 118 valence electrons. The van der Waals surface area contributed by atoms with Gasteiger partial charge in [0.05, 0.1) is 5.41 Å². The lowest BCUT2D eigenvalue weighted by atomic mass is 9.80. The molecule has 0 bridgehead atoms. The highest BCUT2D eigenvalue weighted by molar-refractivity contribution is 7.15. The second-order valence-corrected chi connectivity index (χ2v) is 7.08. The topological polar surface area (TPSA) is 92.4 Å². The molecule has 3 rings (SSSR count). The van der Waals surface area contributed by atoms with Crippen LogP contribution in [-0.2, 0) is 5.41 Å². The number of aromatic nitrogens is 3. The highest BCUT2D eigenvalue weighted by atomic mass is 32.1. The van der Waals surface area contributed by atoms with Crippen molar-refractivity contribution in [2.75, 3.05) is 18.0 Å². The summed E-state index contributed by atoms with van der Waals surface area (Å²) in [6, 6.07) is 0. The molecule has 0 aliphatic carbocycles. The van der Waals surface area contributed by atoms with Gasteiger partial charge in [-0.15, -0.1) is 11.3 Å². The minimum atomic E-state index is -0.969. The molecule has 1 aliphatic rings. The first kappa shape index (κ1) is 15.0. The van der Waals surface area contributed by atoms with E-state index in [2.05, 4.69) is 26.9 Å². The molecule has 0 spiro atoms. The summed E-state index contributed by atoms with van der Waals surface area (Å²) in [4.78, 5) is 22.6. The van der Waals surface area contributed by atoms with E-state index in [1.165, 1.54) is 11.3 Å². The summed E-state index contributed by atoms with van der Waals surface area (Å²) in [6.07, 6.45) is 1.74. The van der Waals surface area contributed by atoms with E-state index in [1.807, 2.05) is 6.92 Å². The number of anilines is 1. The number of hydrogen-bond acceptors (Lipinski definition) is 7. The molecule has 0 amide bonds. The number of carbonyl (C=O) groups is 1. The predicted molar refractivity (Wildman–Crippen MR) is 81.6 cm³/mol. The highest BCUT2D eigenvalue weighted by Gasteiger charge is 2.37. The second kappa shape index (κ2) is 5.35. The number of nitrogens with zero attached hydrogens (tertiary/aromatic N) is 4. The highest BCUT2D eigenvalue weighted by Crippen LogP contribution is 2.37. The summed E-state index contributed by atoms with van der Waals surface area (Å²) < 4.78 is 5.33. The molecule has 1 N–H and O–H groups in total. The Bertz CT molecular complexity index is 701. The third kappa shape index (κ3) is 2.58. The van der Waals surface area contributed by atoms with Crippen LogP contribution < -0.4 is 4.90 Å². The quantitative estimate of drug-likeness (QED) is 0.927. The van der Waals surface area contributed by atoms with Crippen LogP contribution in [-0.4, -0.2) is 39.3 Å². The molecule has 8 heteroatoms. The normalized spacial score (nSPS) is 17.7. The van der Waals surface area contributed by atoms with Crippen molar-refractivity contribution in [2.24, 2.45) is 0 Å². The fourth-order valence-corrected chi connectivity index (χ4v) is 3.62. The molecule has 7 nitrogen and oxygen atoms in total. The molecule has 3 heterocycles. The molecule has 22 heavy (non-hydrogen) atoms. The molecule has 0 unspecified atom stereocenters. The molecule has 0 aromatic carbocycles. The van der Waals surface area contributed by atoms with Crippen LogP contribution >= 0.6 is 11.3 Å². The molecule has 0 radical (unpaired) electrons. The zero-order chi connectivity index (χ0) is 15.9. The van der Waals surface area contributed by atoms with E-state index in [-0.39, 0.29) is 11.1 Å². The number of carboxylic acids is 1. The van der Waals surface area contributed by atoms with E-state index in [1.54, 1.807) is 6.92 Å². The van der Waals surface area contributed by atoms with E-state index >= 15 is 0 Å². The zero-order valence-corrected chi connectivity index (χ0v) is 13.6. The zero-order valence-electron chi connectivity index (χ0n) is 12.8. The van der Waals surface area contributed by atoms with E-state index in [9.17, 15) is 4.79 Å². The van der Waals surface area contributed by atoms with Gasteiger partial charge in [0.25, 0.3) is 0 Å². The maximum Gasteiger partial charge on any atom is 0.355 e. The maximum absolute atomic E-state index is 11.1. The molecule has 1 fully saturated rings. The van der Waals surface area contributed by atoms with Crippen LogP contribution in [0.1, 0.15) is 46.8 Å². The number of hydrogen-bond donors (Lipinski definition) is 1. The minimum absolute atomic E-state index is 0.125. The van der Waals surface area contributed by atoms with E-state index in [0.29, 0.717) is 11.7 Å². The van der Waals surface area contributed by atoms with Gasteiger partial charge in [0.15, 0.2) is 16.6 Å². The lowest BCUT2D eigenvalue weighted by molar-refractivity contribution is 0.0690. The minimum Gasteiger partial charge on any atom is -0.476 e. The first-order valence-electron chi connectivity index (χ1n) is 7.15. The van der Waals surface area contributed by atoms with Gasteiger partial charge >= 0.3 is 5.97 Å². The molecule has 1 aliphatic heterocycles. The fraction of sp³-hybridized carbons (Fsp3) is 0.571. The fourth-order valence-electron chi connectivity index (χ4n) is 2.66. The SMILES string of the molecule is Cc1noc(C2(C)CCN(c3nc(C(=O)O)c(C)s3)CC2)n1. The van der Waals surface area contributed by atoms with Gasteiger partial charge in [0.1, 0.15) is 0 Å². The Hall–Kier alpha value is -1.96. The number of carboxylic acid groups (broad SMARTS) is 1. The Morgan fingerprint density at radius 2 is 2.00 bits per heavy atom. The second-order valence-electron chi connectivity index (χ2n) is 5.90. The van der Waals surface area contributed by atoms with Crippen molar-refractivity contribution in [1.29, 1.82) is 0 Å². The lowest BCUT2D eigenvalue weighted by Gasteiger charge is -2.36. The number of piperidine rings is 1. The number of aryl methyl sites for hydroxylation is 2. The summed E-state index contributed by atoms with van der Waals surface area (Å²) in [7, 11) is 0.